The van der Waals surface area contributed by atoms with Gasteiger partial charge in [0.2, 0.25) is 0 Å². The van der Waals surface area contributed by atoms with Gasteiger partial charge in [-0.25, -0.2) is 0 Å². The highest BCUT2D eigenvalue weighted by Crippen LogP contribution is 2.31. The average molecular weight is 276 g/mol. The van der Waals surface area contributed by atoms with E-state index in [2.05, 4.69) is 67.2 Å². The number of rotatable bonds is 6. The Bertz CT molecular complexity index is 415. The van der Waals surface area contributed by atoms with Crippen molar-refractivity contribution < 1.29 is 0 Å². The molecule has 1 fully saturated rings. The van der Waals surface area contributed by atoms with Crippen LogP contribution in [0.5, 0.6) is 0 Å². The Morgan fingerprint density at radius 1 is 1.25 bits per heavy atom. The van der Waals surface area contributed by atoms with Crippen LogP contribution in [0.3, 0.4) is 0 Å². The first-order chi connectivity index (χ1) is 9.35. The number of nitrogens with one attached hydrogen (secondary N) is 1. The highest BCUT2D eigenvalue weighted by Gasteiger charge is 2.26. The van der Waals surface area contributed by atoms with Crippen molar-refractivity contribution in [3.8, 4) is 0 Å². The van der Waals surface area contributed by atoms with Gasteiger partial charge in [-0.15, -0.1) is 5.10 Å². The van der Waals surface area contributed by atoms with Gasteiger partial charge in [-0.2, -0.15) is 5.10 Å². The Labute approximate surface area is 123 Å². The number of hydrogen-bond acceptors (Lipinski definition) is 4. The molecule has 0 unspecified atom stereocenters. The van der Waals surface area contributed by atoms with Crippen molar-refractivity contribution in [3.05, 3.63) is 17.8 Å². The Hall–Kier alpha value is -1.16. The second-order valence-corrected chi connectivity index (χ2v) is 7.18. The van der Waals surface area contributed by atoms with Gasteiger partial charge in [-0.3, -0.25) is 0 Å². The zero-order chi connectivity index (χ0) is 14.8. The molecule has 0 radical (unpaired) electrons. The zero-order valence-corrected chi connectivity index (χ0v) is 13.5. The van der Waals surface area contributed by atoms with Gasteiger partial charge in [0.15, 0.2) is 5.82 Å². The summed E-state index contributed by atoms with van der Waals surface area (Å²) in [5.74, 6) is 1.87. The Morgan fingerprint density at radius 3 is 2.40 bits per heavy atom. The topological polar surface area (TPSA) is 41.0 Å². The first-order valence-corrected chi connectivity index (χ1v) is 7.69. The third-order valence-corrected chi connectivity index (χ3v) is 3.57. The molecule has 0 bridgehead atoms. The van der Waals surface area contributed by atoms with Crippen LogP contribution in [-0.4, -0.2) is 28.3 Å². The van der Waals surface area contributed by atoms with Crippen molar-refractivity contribution in [2.24, 2.45) is 5.92 Å². The molecule has 1 heterocycles. The molecule has 1 aliphatic rings. The van der Waals surface area contributed by atoms with Gasteiger partial charge in [0.1, 0.15) is 0 Å². The van der Waals surface area contributed by atoms with E-state index in [1.165, 1.54) is 12.8 Å². The van der Waals surface area contributed by atoms with Crippen LogP contribution in [0.1, 0.15) is 53.2 Å². The van der Waals surface area contributed by atoms with Crippen molar-refractivity contribution >= 4 is 5.82 Å². The summed E-state index contributed by atoms with van der Waals surface area (Å²) in [6, 6.07) is 4.67. The average Bonchev–Trinajstić information content (AvgIpc) is 3.17. The molecule has 1 N–H and O–H groups in total. The fraction of sp³-hybridized carbons (Fsp3) is 0.750. The first kappa shape index (κ1) is 15.2. The van der Waals surface area contributed by atoms with Crippen molar-refractivity contribution in [1.29, 1.82) is 0 Å². The molecule has 1 aromatic rings. The van der Waals surface area contributed by atoms with E-state index in [0.717, 1.165) is 30.5 Å². The molecule has 4 nitrogen and oxygen atoms in total. The normalized spacial score (nSPS) is 15.7. The lowest BCUT2D eigenvalue weighted by Gasteiger charge is -2.27. The predicted molar refractivity (Wildman–Crippen MR) is 83.8 cm³/mol. The Morgan fingerprint density at radius 2 is 1.95 bits per heavy atom. The van der Waals surface area contributed by atoms with Crippen molar-refractivity contribution in [2.45, 2.75) is 65.6 Å². The largest absolute Gasteiger partial charge is 0.352 e. The van der Waals surface area contributed by atoms with Gasteiger partial charge in [0.05, 0.1) is 5.69 Å². The van der Waals surface area contributed by atoms with Crippen LogP contribution in [-0.2, 0) is 6.54 Å². The molecule has 0 spiro atoms. The lowest BCUT2D eigenvalue weighted by Crippen LogP contribution is -2.36. The molecule has 1 saturated carbocycles. The summed E-state index contributed by atoms with van der Waals surface area (Å²) in [5, 5.41) is 12.2. The molecular formula is C16H28N4. The van der Waals surface area contributed by atoms with E-state index >= 15 is 0 Å². The van der Waals surface area contributed by atoms with Crippen LogP contribution in [0.2, 0.25) is 0 Å². The Balaban J connectivity index is 1.98. The van der Waals surface area contributed by atoms with E-state index in [-0.39, 0.29) is 5.54 Å². The van der Waals surface area contributed by atoms with Crippen LogP contribution < -0.4 is 10.2 Å². The lowest BCUT2D eigenvalue weighted by molar-refractivity contribution is 0.420. The fourth-order valence-electron chi connectivity index (χ4n) is 2.10. The minimum Gasteiger partial charge on any atom is -0.352 e. The second-order valence-electron chi connectivity index (χ2n) is 7.18. The van der Waals surface area contributed by atoms with Gasteiger partial charge in [-0.1, -0.05) is 0 Å². The van der Waals surface area contributed by atoms with Crippen LogP contribution in [0.15, 0.2) is 12.1 Å². The first-order valence-electron chi connectivity index (χ1n) is 7.69. The van der Waals surface area contributed by atoms with Crippen molar-refractivity contribution in [1.82, 2.24) is 15.5 Å². The smallest absolute Gasteiger partial charge is 0.151 e. The van der Waals surface area contributed by atoms with E-state index in [9.17, 15) is 0 Å². The van der Waals surface area contributed by atoms with Crippen LogP contribution in [0.4, 0.5) is 5.82 Å². The number of anilines is 1. The maximum absolute atomic E-state index is 4.42. The monoisotopic (exact) mass is 276 g/mol. The van der Waals surface area contributed by atoms with Crippen LogP contribution in [0, 0.1) is 5.92 Å². The molecule has 0 amide bonds. The molecule has 1 aromatic heterocycles. The van der Waals surface area contributed by atoms with Crippen LogP contribution in [0.25, 0.3) is 0 Å². The van der Waals surface area contributed by atoms with Gasteiger partial charge in [0.25, 0.3) is 0 Å². The summed E-state index contributed by atoms with van der Waals surface area (Å²) in [6.07, 6.45) is 2.73. The number of hydrogen-bond donors (Lipinski definition) is 1. The maximum atomic E-state index is 4.42. The van der Waals surface area contributed by atoms with E-state index < -0.39 is 0 Å². The summed E-state index contributed by atoms with van der Waals surface area (Å²) >= 11 is 0. The molecule has 20 heavy (non-hydrogen) atoms. The third-order valence-electron chi connectivity index (χ3n) is 3.57. The molecular weight excluding hydrogens is 248 g/mol. The van der Waals surface area contributed by atoms with Gasteiger partial charge in [0, 0.05) is 24.7 Å². The number of aromatic nitrogens is 2. The van der Waals surface area contributed by atoms with Crippen molar-refractivity contribution in [2.75, 3.05) is 11.4 Å². The van der Waals surface area contributed by atoms with Crippen molar-refractivity contribution in [3.63, 3.8) is 0 Å². The third kappa shape index (κ3) is 4.75. The summed E-state index contributed by atoms with van der Waals surface area (Å²) < 4.78 is 0. The summed E-state index contributed by atoms with van der Waals surface area (Å²) in [5.41, 5.74) is 1.11. The lowest BCUT2D eigenvalue weighted by atomic mass is 10.1. The van der Waals surface area contributed by atoms with Crippen LogP contribution >= 0.6 is 0 Å². The minimum atomic E-state index is 0.107. The number of nitrogens with zero attached hydrogens (tertiary/aromatic N) is 3. The molecule has 2 rings (SSSR count). The standard InChI is InChI=1S/C16H28N4/c1-12(2)20(11-13-6-7-13)15-9-8-14(18-19-15)10-17-16(3,4)5/h8-9,12-13,17H,6-7,10-11H2,1-5H3. The maximum Gasteiger partial charge on any atom is 0.151 e. The fourth-order valence-corrected chi connectivity index (χ4v) is 2.10. The van der Waals surface area contributed by atoms with Gasteiger partial charge in [-0.05, 0) is 65.5 Å². The summed E-state index contributed by atoms with van der Waals surface area (Å²) in [7, 11) is 0. The predicted octanol–water partition coefficient (Wildman–Crippen LogP) is 2.99. The molecule has 0 aromatic carbocycles. The highest BCUT2D eigenvalue weighted by atomic mass is 15.3. The second kappa shape index (κ2) is 6.08. The summed E-state index contributed by atoms with van der Waals surface area (Å²) in [4.78, 5) is 2.37. The van der Waals surface area contributed by atoms with Gasteiger partial charge >= 0.3 is 0 Å². The highest BCUT2D eigenvalue weighted by molar-refractivity contribution is 5.38. The van der Waals surface area contributed by atoms with E-state index in [1.807, 2.05) is 0 Å². The minimum absolute atomic E-state index is 0.107. The summed E-state index contributed by atoms with van der Waals surface area (Å²) in [6.45, 7) is 12.8. The molecule has 0 aliphatic heterocycles. The molecule has 1 aliphatic carbocycles. The van der Waals surface area contributed by atoms with E-state index in [4.69, 9.17) is 0 Å². The van der Waals surface area contributed by atoms with E-state index in [0.29, 0.717) is 6.04 Å². The SMILES string of the molecule is CC(C)N(CC1CC1)c1ccc(CNC(C)(C)C)nn1. The Kier molecular flexibility index (Phi) is 4.63. The van der Waals surface area contributed by atoms with E-state index in [1.54, 1.807) is 0 Å². The molecule has 0 atom stereocenters. The molecule has 4 heteroatoms. The quantitative estimate of drug-likeness (QED) is 0.867. The zero-order valence-electron chi connectivity index (χ0n) is 13.5. The molecule has 112 valence electrons. The molecule has 0 saturated heterocycles. The van der Waals surface area contributed by atoms with Gasteiger partial charge < -0.3 is 10.2 Å².